The van der Waals surface area contributed by atoms with E-state index in [1.54, 1.807) is 0 Å². The van der Waals surface area contributed by atoms with Crippen LogP contribution in [0.1, 0.15) is 61.6 Å². The van der Waals surface area contributed by atoms with E-state index in [0.29, 0.717) is 11.8 Å². The lowest BCUT2D eigenvalue weighted by Crippen LogP contribution is -2.32. The molecule has 0 amide bonds. The normalized spacial score (nSPS) is 17.5. The summed E-state index contributed by atoms with van der Waals surface area (Å²) in [6.45, 7) is 8.50. The first-order chi connectivity index (χ1) is 11.5. The van der Waals surface area contributed by atoms with Crippen LogP contribution in [0.15, 0.2) is 10.7 Å². The fourth-order valence-corrected chi connectivity index (χ4v) is 3.15. The molecule has 1 aliphatic heterocycles. The van der Waals surface area contributed by atoms with Crippen molar-refractivity contribution >= 4 is 0 Å². The average Bonchev–Trinajstić information content (AvgIpc) is 3.16. The molecule has 3 rings (SSSR count). The molecule has 3 heterocycles. The first-order valence-electron chi connectivity index (χ1n) is 8.68. The lowest BCUT2D eigenvalue weighted by atomic mass is 9.91. The third-order valence-corrected chi connectivity index (χ3v) is 4.60. The molecule has 1 N–H and O–H groups in total. The van der Waals surface area contributed by atoms with E-state index >= 15 is 0 Å². The monoisotopic (exact) mass is 333 g/mol. The largest absolute Gasteiger partial charge is 0.381 e. The SMILES string of the molecule is Cc1nn(C)cc1CN[C@H](c1nc(C(C)C)no1)C1CCOCC1. The van der Waals surface area contributed by atoms with Crippen molar-refractivity contribution in [1.82, 2.24) is 25.2 Å². The highest BCUT2D eigenvalue weighted by Crippen LogP contribution is 2.30. The van der Waals surface area contributed by atoms with E-state index in [1.807, 2.05) is 18.7 Å². The van der Waals surface area contributed by atoms with Crippen LogP contribution in [0.25, 0.3) is 0 Å². The van der Waals surface area contributed by atoms with Crippen LogP contribution >= 0.6 is 0 Å². The van der Waals surface area contributed by atoms with Crippen molar-refractivity contribution in [2.24, 2.45) is 13.0 Å². The Kier molecular flexibility index (Phi) is 5.30. The summed E-state index contributed by atoms with van der Waals surface area (Å²) in [6, 6.07) is 0.0495. The molecule has 7 nitrogen and oxygen atoms in total. The van der Waals surface area contributed by atoms with Crippen LogP contribution in [0.5, 0.6) is 0 Å². The maximum absolute atomic E-state index is 5.58. The molecule has 2 aromatic rings. The number of rotatable bonds is 6. The average molecular weight is 333 g/mol. The third kappa shape index (κ3) is 3.84. The molecule has 0 unspecified atom stereocenters. The number of aryl methyl sites for hydroxylation is 2. The highest BCUT2D eigenvalue weighted by molar-refractivity contribution is 5.15. The maximum Gasteiger partial charge on any atom is 0.244 e. The summed E-state index contributed by atoms with van der Waals surface area (Å²) in [6.07, 6.45) is 4.06. The zero-order valence-electron chi connectivity index (χ0n) is 15.0. The van der Waals surface area contributed by atoms with Crippen molar-refractivity contribution < 1.29 is 9.26 Å². The zero-order chi connectivity index (χ0) is 17.1. The number of nitrogens with zero attached hydrogens (tertiary/aromatic N) is 4. The Morgan fingerprint density at radius 3 is 2.67 bits per heavy atom. The minimum atomic E-state index is 0.0495. The predicted molar refractivity (Wildman–Crippen MR) is 89.5 cm³/mol. The van der Waals surface area contributed by atoms with Crippen molar-refractivity contribution in [3.05, 3.63) is 29.2 Å². The van der Waals surface area contributed by atoms with Gasteiger partial charge >= 0.3 is 0 Å². The van der Waals surface area contributed by atoms with Crippen LogP contribution in [0, 0.1) is 12.8 Å². The molecule has 1 atom stereocenters. The van der Waals surface area contributed by atoms with Gasteiger partial charge in [0.15, 0.2) is 5.82 Å². The standard InChI is InChI=1S/C17H27N5O2/c1-11(2)16-19-17(24-21-16)15(13-5-7-23-8-6-13)18-9-14-10-22(4)20-12(14)3/h10-11,13,15,18H,5-9H2,1-4H3/t15-/m0/s1. The number of hydrogen-bond donors (Lipinski definition) is 1. The number of aromatic nitrogens is 4. The third-order valence-electron chi connectivity index (χ3n) is 4.60. The van der Waals surface area contributed by atoms with Gasteiger partial charge in [0.05, 0.1) is 11.7 Å². The van der Waals surface area contributed by atoms with E-state index in [0.717, 1.165) is 44.1 Å². The van der Waals surface area contributed by atoms with Gasteiger partial charge in [-0.05, 0) is 25.7 Å². The molecule has 1 saturated heterocycles. The molecule has 24 heavy (non-hydrogen) atoms. The van der Waals surface area contributed by atoms with E-state index in [2.05, 4.69) is 40.6 Å². The molecule has 0 aromatic carbocycles. The van der Waals surface area contributed by atoms with Gasteiger partial charge in [0.2, 0.25) is 5.89 Å². The topological polar surface area (TPSA) is 78.0 Å². The second kappa shape index (κ2) is 7.44. The molecule has 132 valence electrons. The van der Waals surface area contributed by atoms with Gasteiger partial charge in [0.25, 0.3) is 0 Å². The van der Waals surface area contributed by atoms with E-state index in [4.69, 9.17) is 9.26 Å². The molecule has 0 saturated carbocycles. The van der Waals surface area contributed by atoms with Crippen LogP contribution in [0.3, 0.4) is 0 Å². The van der Waals surface area contributed by atoms with Crippen molar-refractivity contribution in [2.45, 2.75) is 52.1 Å². The Labute approximate surface area is 142 Å². The molecule has 7 heteroatoms. The Balaban J connectivity index is 1.77. The molecule has 0 radical (unpaired) electrons. The number of hydrogen-bond acceptors (Lipinski definition) is 6. The van der Waals surface area contributed by atoms with Gasteiger partial charge in [-0.15, -0.1) is 0 Å². The van der Waals surface area contributed by atoms with Gasteiger partial charge in [-0.3, -0.25) is 4.68 Å². The molecule has 2 aromatic heterocycles. The predicted octanol–water partition coefficient (Wildman–Crippen LogP) is 2.49. The summed E-state index contributed by atoms with van der Waals surface area (Å²) >= 11 is 0. The van der Waals surface area contributed by atoms with Gasteiger partial charge in [-0.25, -0.2) is 0 Å². The second-order valence-electron chi connectivity index (χ2n) is 6.87. The lowest BCUT2D eigenvalue weighted by Gasteiger charge is -2.28. The summed E-state index contributed by atoms with van der Waals surface area (Å²) < 4.78 is 12.9. The summed E-state index contributed by atoms with van der Waals surface area (Å²) in [5.41, 5.74) is 2.24. The van der Waals surface area contributed by atoms with Crippen LogP contribution in [-0.4, -0.2) is 33.1 Å². The highest BCUT2D eigenvalue weighted by atomic mass is 16.5. The molecule has 1 fully saturated rings. The van der Waals surface area contributed by atoms with Crippen molar-refractivity contribution in [3.8, 4) is 0 Å². The van der Waals surface area contributed by atoms with E-state index in [-0.39, 0.29) is 12.0 Å². The molecule has 0 spiro atoms. The Morgan fingerprint density at radius 1 is 1.33 bits per heavy atom. The zero-order valence-corrected chi connectivity index (χ0v) is 15.0. The van der Waals surface area contributed by atoms with Gasteiger partial charge in [-0.2, -0.15) is 10.1 Å². The van der Waals surface area contributed by atoms with Crippen LogP contribution < -0.4 is 5.32 Å². The first-order valence-corrected chi connectivity index (χ1v) is 8.68. The van der Waals surface area contributed by atoms with Crippen LogP contribution in [-0.2, 0) is 18.3 Å². The number of ether oxygens (including phenoxy) is 1. The molecular formula is C17H27N5O2. The minimum absolute atomic E-state index is 0.0495. The molecule has 0 aliphatic carbocycles. The van der Waals surface area contributed by atoms with Crippen molar-refractivity contribution in [1.29, 1.82) is 0 Å². The van der Waals surface area contributed by atoms with E-state index in [9.17, 15) is 0 Å². The van der Waals surface area contributed by atoms with E-state index < -0.39 is 0 Å². The molecular weight excluding hydrogens is 306 g/mol. The Bertz CT molecular complexity index is 658. The molecule has 0 bridgehead atoms. The summed E-state index contributed by atoms with van der Waals surface area (Å²) in [4.78, 5) is 4.62. The van der Waals surface area contributed by atoms with Crippen LogP contribution in [0.2, 0.25) is 0 Å². The maximum atomic E-state index is 5.58. The smallest absolute Gasteiger partial charge is 0.244 e. The van der Waals surface area contributed by atoms with Gasteiger partial charge in [0.1, 0.15) is 0 Å². The van der Waals surface area contributed by atoms with Gasteiger partial charge < -0.3 is 14.6 Å². The lowest BCUT2D eigenvalue weighted by molar-refractivity contribution is 0.0485. The Morgan fingerprint density at radius 2 is 2.08 bits per heavy atom. The Hall–Kier alpha value is -1.73. The fraction of sp³-hybridized carbons (Fsp3) is 0.706. The summed E-state index contributed by atoms with van der Waals surface area (Å²) in [5, 5.41) is 12.2. The van der Waals surface area contributed by atoms with Crippen molar-refractivity contribution in [3.63, 3.8) is 0 Å². The second-order valence-corrected chi connectivity index (χ2v) is 6.87. The van der Waals surface area contributed by atoms with E-state index in [1.165, 1.54) is 5.56 Å². The summed E-state index contributed by atoms with van der Waals surface area (Å²) in [7, 11) is 1.94. The minimum Gasteiger partial charge on any atom is -0.381 e. The highest BCUT2D eigenvalue weighted by Gasteiger charge is 2.30. The van der Waals surface area contributed by atoms with Gasteiger partial charge in [-0.1, -0.05) is 19.0 Å². The quantitative estimate of drug-likeness (QED) is 0.875. The van der Waals surface area contributed by atoms with Gasteiger partial charge in [0, 0.05) is 44.5 Å². The summed E-state index contributed by atoms with van der Waals surface area (Å²) in [5.74, 6) is 2.16. The molecule has 1 aliphatic rings. The van der Waals surface area contributed by atoms with Crippen LogP contribution in [0.4, 0.5) is 0 Å². The first kappa shape index (κ1) is 17.1. The van der Waals surface area contributed by atoms with Crippen molar-refractivity contribution in [2.75, 3.05) is 13.2 Å². The fourth-order valence-electron chi connectivity index (χ4n) is 3.15. The number of nitrogens with one attached hydrogen (secondary N) is 1.